The van der Waals surface area contributed by atoms with E-state index in [4.69, 9.17) is 13.9 Å². The summed E-state index contributed by atoms with van der Waals surface area (Å²) in [6.45, 7) is 1.81. The molecule has 1 fully saturated rings. The lowest BCUT2D eigenvalue weighted by Crippen LogP contribution is -2.50. The molecule has 132 valence electrons. The van der Waals surface area contributed by atoms with Crippen molar-refractivity contribution in [1.29, 1.82) is 0 Å². The number of benzene rings is 1. The van der Waals surface area contributed by atoms with Crippen molar-refractivity contribution in [1.82, 2.24) is 9.80 Å². The van der Waals surface area contributed by atoms with Crippen molar-refractivity contribution in [3.05, 3.63) is 47.9 Å². The molecular formula is C18H20N2O5. The molecule has 2 heterocycles. The number of furan rings is 1. The number of hydrogen-bond acceptors (Lipinski definition) is 5. The standard InChI is InChI=1S/C18H20N2O5/c1-23-13-5-6-15(24-2)14(12-13)17(21)19-7-9-20(10-8-19)18(22)16-4-3-11-25-16/h3-6,11-12H,7-10H2,1-2H3. The second kappa shape index (κ2) is 7.29. The Morgan fingerprint density at radius 1 is 0.960 bits per heavy atom. The number of ether oxygens (including phenoxy) is 2. The molecule has 0 N–H and O–H groups in total. The molecule has 0 unspecified atom stereocenters. The molecule has 1 aromatic carbocycles. The first-order chi connectivity index (χ1) is 12.1. The van der Waals surface area contributed by atoms with Gasteiger partial charge in [-0.1, -0.05) is 0 Å². The van der Waals surface area contributed by atoms with Gasteiger partial charge in [-0.3, -0.25) is 9.59 Å². The van der Waals surface area contributed by atoms with E-state index in [0.29, 0.717) is 49.0 Å². The van der Waals surface area contributed by atoms with Crippen molar-refractivity contribution < 1.29 is 23.5 Å². The van der Waals surface area contributed by atoms with Crippen LogP contribution in [0.3, 0.4) is 0 Å². The zero-order chi connectivity index (χ0) is 17.8. The van der Waals surface area contributed by atoms with Crippen LogP contribution in [0.4, 0.5) is 0 Å². The molecule has 1 aliphatic heterocycles. The summed E-state index contributed by atoms with van der Waals surface area (Å²) in [6.07, 6.45) is 1.47. The van der Waals surface area contributed by atoms with Crippen molar-refractivity contribution in [2.45, 2.75) is 0 Å². The van der Waals surface area contributed by atoms with Gasteiger partial charge in [-0.25, -0.2) is 0 Å². The van der Waals surface area contributed by atoms with Crippen LogP contribution >= 0.6 is 0 Å². The van der Waals surface area contributed by atoms with Gasteiger partial charge in [0.15, 0.2) is 5.76 Å². The minimum Gasteiger partial charge on any atom is -0.497 e. The Morgan fingerprint density at radius 2 is 1.64 bits per heavy atom. The third-order valence-electron chi connectivity index (χ3n) is 4.22. The van der Waals surface area contributed by atoms with Gasteiger partial charge in [0, 0.05) is 26.2 Å². The Kier molecular flexibility index (Phi) is 4.92. The molecule has 0 atom stereocenters. The quantitative estimate of drug-likeness (QED) is 0.847. The number of nitrogens with zero attached hydrogens (tertiary/aromatic N) is 2. The molecule has 1 aliphatic rings. The predicted octanol–water partition coefficient (Wildman–Crippen LogP) is 1.89. The van der Waals surface area contributed by atoms with Crippen LogP contribution < -0.4 is 9.47 Å². The van der Waals surface area contributed by atoms with Gasteiger partial charge in [0.2, 0.25) is 0 Å². The van der Waals surface area contributed by atoms with Crippen LogP contribution in [0.25, 0.3) is 0 Å². The molecule has 3 rings (SSSR count). The van der Waals surface area contributed by atoms with Gasteiger partial charge in [-0.15, -0.1) is 0 Å². The normalized spacial score (nSPS) is 14.3. The van der Waals surface area contributed by atoms with Crippen molar-refractivity contribution >= 4 is 11.8 Å². The molecule has 2 aromatic rings. The molecule has 0 radical (unpaired) electrons. The molecular weight excluding hydrogens is 324 g/mol. The Bertz CT molecular complexity index is 749. The van der Waals surface area contributed by atoms with Crippen molar-refractivity contribution in [3.8, 4) is 11.5 Å². The molecule has 7 heteroatoms. The van der Waals surface area contributed by atoms with Gasteiger partial charge in [-0.05, 0) is 30.3 Å². The van der Waals surface area contributed by atoms with Crippen LogP contribution in [0.5, 0.6) is 11.5 Å². The lowest BCUT2D eigenvalue weighted by molar-refractivity contribution is 0.0516. The largest absolute Gasteiger partial charge is 0.497 e. The van der Waals surface area contributed by atoms with Crippen molar-refractivity contribution in [3.63, 3.8) is 0 Å². The topological polar surface area (TPSA) is 72.2 Å². The highest BCUT2D eigenvalue weighted by atomic mass is 16.5. The Balaban J connectivity index is 1.68. The second-order valence-electron chi connectivity index (χ2n) is 5.63. The van der Waals surface area contributed by atoms with Crippen molar-refractivity contribution in [2.75, 3.05) is 40.4 Å². The lowest BCUT2D eigenvalue weighted by Gasteiger charge is -2.34. The Hall–Kier alpha value is -2.96. The van der Waals surface area contributed by atoms with E-state index in [2.05, 4.69) is 0 Å². The highest BCUT2D eigenvalue weighted by Gasteiger charge is 2.28. The lowest BCUT2D eigenvalue weighted by atomic mass is 10.1. The fourth-order valence-corrected chi connectivity index (χ4v) is 2.82. The second-order valence-corrected chi connectivity index (χ2v) is 5.63. The fourth-order valence-electron chi connectivity index (χ4n) is 2.82. The summed E-state index contributed by atoms with van der Waals surface area (Å²) in [7, 11) is 3.08. The first-order valence-corrected chi connectivity index (χ1v) is 7.98. The monoisotopic (exact) mass is 344 g/mol. The fraction of sp³-hybridized carbons (Fsp3) is 0.333. The number of piperazine rings is 1. The van der Waals surface area contributed by atoms with Gasteiger partial charge in [0.25, 0.3) is 11.8 Å². The summed E-state index contributed by atoms with van der Waals surface area (Å²) >= 11 is 0. The van der Waals surface area contributed by atoms with E-state index < -0.39 is 0 Å². The maximum atomic E-state index is 12.8. The highest BCUT2D eigenvalue weighted by Crippen LogP contribution is 2.25. The summed E-state index contributed by atoms with van der Waals surface area (Å²) in [4.78, 5) is 28.5. The first kappa shape index (κ1) is 16.9. The van der Waals surface area contributed by atoms with E-state index >= 15 is 0 Å². The van der Waals surface area contributed by atoms with Crippen LogP contribution in [0.1, 0.15) is 20.9 Å². The highest BCUT2D eigenvalue weighted by molar-refractivity contribution is 5.98. The summed E-state index contributed by atoms with van der Waals surface area (Å²) in [6, 6.07) is 8.45. The van der Waals surface area contributed by atoms with E-state index in [1.807, 2.05) is 0 Å². The van der Waals surface area contributed by atoms with Crippen LogP contribution in [-0.4, -0.2) is 62.0 Å². The van der Waals surface area contributed by atoms with E-state index in [0.717, 1.165) is 0 Å². The maximum absolute atomic E-state index is 12.8. The van der Waals surface area contributed by atoms with Gasteiger partial charge in [0.05, 0.1) is 26.0 Å². The average Bonchev–Trinajstić information content (AvgIpc) is 3.21. The van der Waals surface area contributed by atoms with Gasteiger partial charge >= 0.3 is 0 Å². The molecule has 0 bridgehead atoms. The average molecular weight is 344 g/mol. The SMILES string of the molecule is COc1ccc(OC)c(C(=O)N2CCN(C(=O)c3ccco3)CC2)c1. The Labute approximate surface area is 145 Å². The van der Waals surface area contributed by atoms with Gasteiger partial charge in [0.1, 0.15) is 11.5 Å². The number of carbonyl (C=O) groups excluding carboxylic acids is 2. The zero-order valence-electron chi connectivity index (χ0n) is 14.2. The molecule has 0 saturated carbocycles. The zero-order valence-corrected chi connectivity index (χ0v) is 14.2. The van der Waals surface area contributed by atoms with Crippen molar-refractivity contribution in [2.24, 2.45) is 0 Å². The molecule has 0 aliphatic carbocycles. The minimum absolute atomic E-state index is 0.138. The summed E-state index contributed by atoms with van der Waals surface area (Å²) in [5.74, 6) is 1.11. The molecule has 0 spiro atoms. The molecule has 25 heavy (non-hydrogen) atoms. The Morgan fingerprint density at radius 3 is 2.20 bits per heavy atom. The number of rotatable bonds is 4. The van der Waals surface area contributed by atoms with E-state index in [-0.39, 0.29) is 11.8 Å². The molecule has 1 saturated heterocycles. The van der Waals surface area contributed by atoms with Crippen LogP contribution in [0.2, 0.25) is 0 Å². The minimum atomic E-state index is -0.156. The summed E-state index contributed by atoms with van der Waals surface area (Å²) in [5, 5.41) is 0. The third-order valence-corrected chi connectivity index (χ3v) is 4.22. The molecule has 2 amide bonds. The van der Waals surface area contributed by atoms with Crippen LogP contribution in [-0.2, 0) is 0 Å². The number of carbonyl (C=O) groups is 2. The van der Waals surface area contributed by atoms with Gasteiger partial charge < -0.3 is 23.7 Å². The smallest absolute Gasteiger partial charge is 0.289 e. The van der Waals surface area contributed by atoms with E-state index in [9.17, 15) is 9.59 Å². The first-order valence-electron chi connectivity index (χ1n) is 7.98. The molecule has 1 aromatic heterocycles. The summed E-state index contributed by atoms with van der Waals surface area (Å²) < 4.78 is 15.6. The van der Waals surface area contributed by atoms with E-state index in [1.54, 1.807) is 47.2 Å². The summed E-state index contributed by atoms with van der Waals surface area (Å²) in [5.41, 5.74) is 0.452. The molecule has 7 nitrogen and oxygen atoms in total. The van der Waals surface area contributed by atoms with E-state index in [1.165, 1.54) is 13.4 Å². The number of hydrogen-bond donors (Lipinski definition) is 0. The van der Waals surface area contributed by atoms with Crippen LogP contribution in [0, 0.1) is 0 Å². The number of amides is 2. The predicted molar refractivity (Wildman–Crippen MR) is 90.1 cm³/mol. The third kappa shape index (κ3) is 3.45. The van der Waals surface area contributed by atoms with Crippen LogP contribution in [0.15, 0.2) is 41.0 Å². The maximum Gasteiger partial charge on any atom is 0.289 e. The number of methoxy groups -OCH3 is 2. The van der Waals surface area contributed by atoms with Gasteiger partial charge in [-0.2, -0.15) is 0 Å².